The summed E-state index contributed by atoms with van der Waals surface area (Å²) in [6.45, 7) is 0.356. The standard InChI is InChI=1S/C20H20BrFN2O/c21-17-11-18(22)16(12-23)19(24-15-9-5-2-6-10-15)20(17)25-13-14-7-3-1-4-8-14/h1,3-4,7-8,11,15,24H,2,5-6,9-10,13H2. The predicted molar refractivity (Wildman–Crippen MR) is 100 cm³/mol. The lowest BCUT2D eigenvalue weighted by Crippen LogP contribution is -2.23. The Labute approximate surface area is 155 Å². The first-order chi connectivity index (χ1) is 12.2. The molecule has 0 aromatic heterocycles. The molecule has 0 saturated heterocycles. The second-order valence-electron chi connectivity index (χ2n) is 6.28. The Bertz CT molecular complexity index is 768. The molecule has 130 valence electrons. The van der Waals surface area contributed by atoms with E-state index in [-0.39, 0.29) is 11.6 Å². The Morgan fingerprint density at radius 1 is 1.20 bits per heavy atom. The minimum Gasteiger partial charge on any atom is -0.485 e. The molecule has 3 rings (SSSR count). The summed E-state index contributed by atoms with van der Waals surface area (Å²) in [7, 11) is 0. The van der Waals surface area contributed by atoms with Crippen molar-refractivity contribution >= 4 is 21.6 Å². The van der Waals surface area contributed by atoms with Gasteiger partial charge < -0.3 is 10.1 Å². The highest BCUT2D eigenvalue weighted by Gasteiger charge is 2.22. The van der Waals surface area contributed by atoms with Gasteiger partial charge in [-0.2, -0.15) is 5.26 Å². The van der Waals surface area contributed by atoms with Crippen molar-refractivity contribution in [2.75, 3.05) is 5.32 Å². The van der Waals surface area contributed by atoms with Crippen LogP contribution in [0.2, 0.25) is 0 Å². The van der Waals surface area contributed by atoms with Crippen molar-refractivity contribution in [1.29, 1.82) is 5.26 Å². The zero-order chi connectivity index (χ0) is 17.6. The maximum atomic E-state index is 14.3. The molecule has 0 heterocycles. The van der Waals surface area contributed by atoms with Gasteiger partial charge in [0.2, 0.25) is 0 Å². The van der Waals surface area contributed by atoms with E-state index in [1.165, 1.54) is 12.5 Å². The Morgan fingerprint density at radius 2 is 1.92 bits per heavy atom. The third-order valence-corrected chi connectivity index (χ3v) is 5.07. The average molecular weight is 403 g/mol. The van der Waals surface area contributed by atoms with Crippen molar-refractivity contribution in [3.05, 3.63) is 57.8 Å². The van der Waals surface area contributed by atoms with Gasteiger partial charge in [0.25, 0.3) is 0 Å². The van der Waals surface area contributed by atoms with Crippen molar-refractivity contribution < 1.29 is 9.13 Å². The predicted octanol–water partition coefficient (Wildman–Crippen LogP) is 5.78. The number of rotatable bonds is 5. The summed E-state index contributed by atoms with van der Waals surface area (Å²) in [5, 5.41) is 12.8. The van der Waals surface area contributed by atoms with Crippen molar-refractivity contribution in [3.8, 4) is 11.8 Å². The smallest absolute Gasteiger partial charge is 0.158 e. The molecule has 0 spiro atoms. The van der Waals surface area contributed by atoms with Gasteiger partial charge in [-0.25, -0.2) is 4.39 Å². The molecule has 0 unspecified atom stereocenters. The number of hydrogen-bond acceptors (Lipinski definition) is 3. The first-order valence-electron chi connectivity index (χ1n) is 8.54. The van der Waals surface area contributed by atoms with Crippen LogP contribution in [0, 0.1) is 17.1 Å². The summed E-state index contributed by atoms with van der Waals surface area (Å²) in [5.41, 5.74) is 1.48. The largest absolute Gasteiger partial charge is 0.485 e. The minimum atomic E-state index is -0.542. The summed E-state index contributed by atoms with van der Waals surface area (Å²) < 4.78 is 20.7. The van der Waals surface area contributed by atoms with E-state index in [9.17, 15) is 9.65 Å². The highest BCUT2D eigenvalue weighted by Crippen LogP contribution is 2.39. The lowest BCUT2D eigenvalue weighted by Gasteiger charge is -2.26. The fraction of sp³-hybridized carbons (Fsp3) is 0.350. The zero-order valence-electron chi connectivity index (χ0n) is 13.9. The molecule has 0 aliphatic heterocycles. The molecule has 1 fully saturated rings. The van der Waals surface area contributed by atoms with E-state index in [4.69, 9.17) is 4.74 Å². The van der Waals surface area contributed by atoms with Crippen molar-refractivity contribution in [1.82, 2.24) is 0 Å². The van der Waals surface area contributed by atoms with Crippen molar-refractivity contribution in [3.63, 3.8) is 0 Å². The molecule has 0 bridgehead atoms. The van der Waals surface area contributed by atoms with Crippen LogP contribution in [-0.4, -0.2) is 6.04 Å². The summed E-state index contributed by atoms with van der Waals surface area (Å²) >= 11 is 3.39. The number of nitrogens with one attached hydrogen (secondary N) is 1. The van der Waals surface area contributed by atoms with Crippen LogP contribution in [0.5, 0.6) is 5.75 Å². The lowest BCUT2D eigenvalue weighted by atomic mass is 9.95. The van der Waals surface area contributed by atoms with E-state index in [0.717, 1.165) is 31.2 Å². The zero-order valence-corrected chi connectivity index (χ0v) is 15.5. The van der Waals surface area contributed by atoms with Crippen LogP contribution in [0.15, 0.2) is 40.9 Å². The quantitative estimate of drug-likeness (QED) is 0.688. The summed E-state index contributed by atoms with van der Waals surface area (Å²) in [5.74, 6) is -0.0490. The molecule has 3 nitrogen and oxygen atoms in total. The number of anilines is 1. The van der Waals surface area contributed by atoms with E-state index in [1.807, 2.05) is 36.4 Å². The van der Waals surface area contributed by atoms with E-state index >= 15 is 0 Å². The Morgan fingerprint density at radius 3 is 2.60 bits per heavy atom. The van der Waals surface area contributed by atoms with E-state index in [0.29, 0.717) is 22.5 Å². The topological polar surface area (TPSA) is 45.0 Å². The number of nitrogens with zero attached hydrogens (tertiary/aromatic N) is 1. The number of ether oxygens (including phenoxy) is 1. The average Bonchev–Trinajstić information content (AvgIpc) is 2.63. The fourth-order valence-electron chi connectivity index (χ4n) is 3.17. The second-order valence-corrected chi connectivity index (χ2v) is 7.14. The van der Waals surface area contributed by atoms with E-state index < -0.39 is 5.82 Å². The van der Waals surface area contributed by atoms with Gasteiger partial charge in [-0.1, -0.05) is 49.6 Å². The molecule has 0 radical (unpaired) electrons. The molecule has 2 aromatic rings. The van der Waals surface area contributed by atoms with Crippen LogP contribution in [-0.2, 0) is 6.61 Å². The molecule has 1 aliphatic rings. The SMILES string of the molecule is N#Cc1c(F)cc(Br)c(OCc2ccccc2)c1NC1CCCCC1. The van der Waals surface area contributed by atoms with E-state index in [2.05, 4.69) is 21.2 Å². The normalized spacial score (nSPS) is 14.8. The first kappa shape index (κ1) is 17.8. The molecule has 0 atom stereocenters. The van der Waals surface area contributed by atoms with Gasteiger partial charge in [0.05, 0.1) is 10.2 Å². The number of hydrogen-bond donors (Lipinski definition) is 1. The summed E-state index contributed by atoms with van der Waals surface area (Å²) in [4.78, 5) is 0. The molecule has 1 saturated carbocycles. The van der Waals surface area contributed by atoms with Gasteiger partial charge >= 0.3 is 0 Å². The summed E-state index contributed by atoms with van der Waals surface area (Å²) in [6.07, 6.45) is 5.58. The van der Waals surface area contributed by atoms with Crippen LogP contribution < -0.4 is 10.1 Å². The monoisotopic (exact) mass is 402 g/mol. The number of halogens is 2. The molecule has 25 heavy (non-hydrogen) atoms. The molecule has 1 aliphatic carbocycles. The van der Waals surface area contributed by atoms with Crippen LogP contribution in [0.1, 0.15) is 43.2 Å². The fourth-order valence-corrected chi connectivity index (χ4v) is 3.68. The molecule has 1 N–H and O–H groups in total. The third-order valence-electron chi connectivity index (χ3n) is 4.48. The Balaban J connectivity index is 1.90. The number of nitriles is 1. The van der Waals surface area contributed by atoms with Gasteiger partial charge in [0.1, 0.15) is 24.1 Å². The van der Waals surface area contributed by atoms with Gasteiger partial charge in [-0.3, -0.25) is 0 Å². The summed E-state index contributed by atoms with van der Waals surface area (Å²) in [6, 6.07) is 13.3. The van der Waals surface area contributed by atoms with Crippen molar-refractivity contribution in [2.24, 2.45) is 0 Å². The first-order valence-corrected chi connectivity index (χ1v) is 9.33. The molecular weight excluding hydrogens is 383 g/mol. The highest BCUT2D eigenvalue weighted by atomic mass is 79.9. The van der Waals surface area contributed by atoms with Crippen LogP contribution in [0.25, 0.3) is 0 Å². The molecule has 5 heteroatoms. The van der Waals surface area contributed by atoms with Crippen molar-refractivity contribution in [2.45, 2.75) is 44.8 Å². The maximum absolute atomic E-state index is 14.3. The Kier molecular flexibility index (Phi) is 5.93. The van der Waals surface area contributed by atoms with Crippen LogP contribution in [0.4, 0.5) is 10.1 Å². The third kappa shape index (κ3) is 4.32. The van der Waals surface area contributed by atoms with Gasteiger partial charge in [0, 0.05) is 6.04 Å². The minimum absolute atomic E-state index is 0.0110. The van der Waals surface area contributed by atoms with E-state index in [1.54, 1.807) is 0 Å². The van der Waals surface area contributed by atoms with Gasteiger partial charge in [0.15, 0.2) is 5.75 Å². The van der Waals surface area contributed by atoms with Gasteiger partial charge in [-0.15, -0.1) is 0 Å². The second kappa shape index (κ2) is 8.35. The van der Waals surface area contributed by atoms with Crippen LogP contribution in [0.3, 0.4) is 0 Å². The number of benzene rings is 2. The maximum Gasteiger partial charge on any atom is 0.158 e. The Hall–Kier alpha value is -2.06. The molecular formula is C20H20BrFN2O. The highest BCUT2D eigenvalue weighted by molar-refractivity contribution is 9.10. The molecule has 0 amide bonds. The van der Waals surface area contributed by atoms with Gasteiger partial charge in [-0.05, 0) is 40.4 Å². The van der Waals surface area contributed by atoms with Crippen LogP contribution >= 0.6 is 15.9 Å². The lowest BCUT2D eigenvalue weighted by molar-refractivity contribution is 0.304. The molecule has 2 aromatic carbocycles.